The number of nitrogens with two attached hydrogens (primary N) is 1. The van der Waals surface area contributed by atoms with E-state index in [4.69, 9.17) is 26.7 Å². The average Bonchev–Trinajstić information content (AvgIpc) is 3.27. The predicted octanol–water partition coefficient (Wildman–Crippen LogP) is 5.70. The highest BCUT2D eigenvalue weighted by Gasteiger charge is 2.39. The van der Waals surface area contributed by atoms with E-state index in [0.29, 0.717) is 10.9 Å². The number of nitrogens with zero attached hydrogens (tertiary/aromatic N) is 1. The molecule has 0 aliphatic carbocycles. The second-order valence-corrected chi connectivity index (χ2v) is 9.20. The van der Waals surface area contributed by atoms with E-state index in [0.717, 1.165) is 35.2 Å². The molecule has 4 unspecified atom stereocenters. The maximum atomic E-state index is 12.1. The Morgan fingerprint density at radius 2 is 1.85 bits per heavy atom. The van der Waals surface area contributed by atoms with Gasteiger partial charge in [0.05, 0.1) is 0 Å². The summed E-state index contributed by atoms with van der Waals surface area (Å²) in [6.07, 6.45) is 0.896. The first-order chi connectivity index (χ1) is 16.0. The SMILES string of the molecule is CC(C(N)=O)C1CCNC(c2ccc3oc(-c4ccc(Cl)cc4)nc3c2)C1c1ccccc1. The molecule has 3 N–H and O–H groups in total. The van der Waals surface area contributed by atoms with E-state index in [-0.39, 0.29) is 29.7 Å². The van der Waals surface area contributed by atoms with Crippen molar-refractivity contribution in [1.82, 2.24) is 10.3 Å². The number of hydrogen-bond acceptors (Lipinski definition) is 4. The molecule has 5 rings (SSSR count). The summed E-state index contributed by atoms with van der Waals surface area (Å²) in [6, 6.07) is 24.0. The number of nitrogens with one attached hydrogen (secondary N) is 1. The largest absolute Gasteiger partial charge is 0.436 e. The molecule has 1 aliphatic rings. The van der Waals surface area contributed by atoms with Crippen LogP contribution in [0.4, 0.5) is 0 Å². The van der Waals surface area contributed by atoms with E-state index in [2.05, 4.69) is 29.6 Å². The molecule has 4 atom stereocenters. The molecule has 5 nitrogen and oxygen atoms in total. The molecule has 6 heteroatoms. The van der Waals surface area contributed by atoms with Crippen LogP contribution in [0.15, 0.2) is 77.2 Å². The second kappa shape index (κ2) is 9.00. The molecular weight excluding hydrogens is 434 g/mol. The summed E-state index contributed by atoms with van der Waals surface area (Å²) in [7, 11) is 0. The van der Waals surface area contributed by atoms with Gasteiger partial charge in [0.25, 0.3) is 0 Å². The van der Waals surface area contributed by atoms with Gasteiger partial charge in [0.2, 0.25) is 11.8 Å². The molecule has 2 heterocycles. The van der Waals surface area contributed by atoms with Gasteiger partial charge in [0.1, 0.15) is 5.52 Å². The Labute approximate surface area is 198 Å². The number of carbonyl (C=O) groups excluding carboxylic acids is 1. The lowest BCUT2D eigenvalue weighted by molar-refractivity contribution is -0.123. The summed E-state index contributed by atoms with van der Waals surface area (Å²) in [6.45, 7) is 2.77. The van der Waals surface area contributed by atoms with Crippen molar-refractivity contribution in [2.75, 3.05) is 6.54 Å². The van der Waals surface area contributed by atoms with Crippen molar-refractivity contribution in [2.45, 2.75) is 25.3 Å². The Hall–Kier alpha value is -3.15. The molecular formula is C27H26ClN3O2. The normalized spacial score (nSPS) is 21.7. The van der Waals surface area contributed by atoms with Crippen molar-refractivity contribution in [3.8, 4) is 11.5 Å². The van der Waals surface area contributed by atoms with E-state index in [9.17, 15) is 4.79 Å². The van der Waals surface area contributed by atoms with Crippen LogP contribution in [0.2, 0.25) is 5.02 Å². The summed E-state index contributed by atoms with van der Waals surface area (Å²) in [5.74, 6) is 0.361. The number of halogens is 1. The summed E-state index contributed by atoms with van der Waals surface area (Å²) >= 11 is 6.02. The molecule has 1 aliphatic heterocycles. The molecule has 0 saturated carbocycles. The fraction of sp³-hybridized carbons (Fsp3) is 0.259. The minimum absolute atomic E-state index is 0.0352. The molecule has 3 aromatic carbocycles. The quantitative estimate of drug-likeness (QED) is 0.401. The lowest BCUT2D eigenvalue weighted by Gasteiger charge is -2.41. The molecule has 0 bridgehead atoms. The Kier molecular flexibility index (Phi) is 5.92. The van der Waals surface area contributed by atoms with Gasteiger partial charge >= 0.3 is 0 Å². The summed E-state index contributed by atoms with van der Waals surface area (Å²) < 4.78 is 6.00. The van der Waals surface area contributed by atoms with Crippen LogP contribution >= 0.6 is 11.6 Å². The fourth-order valence-electron chi connectivity index (χ4n) is 5.03. The van der Waals surface area contributed by atoms with Crippen LogP contribution in [0.1, 0.15) is 36.4 Å². The zero-order chi connectivity index (χ0) is 22.9. The Bertz CT molecular complexity index is 1270. The third-order valence-electron chi connectivity index (χ3n) is 6.80. The number of rotatable bonds is 5. The molecule has 1 amide bonds. The molecule has 33 heavy (non-hydrogen) atoms. The van der Waals surface area contributed by atoms with Crippen molar-refractivity contribution >= 4 is 28.6 Å². The fourth-order valence-corrected chi connectivity index (χ4v) is 5.15. The first-order valence-corrected chi connectivity index (χ1v) is 11.6. The molecule has 1 saturated heterocycles. The lowest BCUT2D eigenvalue weighted by atomic mass is 9.69. The maximum Gasteiger partial charge on any atom is 0.227 e. The van der Waals surface area contributed by atoms with E-state index in [1.165, 1.54) is 5.56 Å². The van der Waals surface area contributed by atoms with Gasteiger partial charge < -0.3 is 15.5 Å². The van der Waals surface area contributed by atoms with Crippen molar-refractivity contribution < 1.29 is 9.21 Å². The number of hydrogen-bond donors (Lipinski definition) is 2. The monoisotopic (exact) mass is 459 g/mol. The van der Waals surface area contributed by atoms with Gasteiger partial charge in [-0.2, -0.15) is 0 Å². The average molecular weight is 460 g/mol. The Morgan fingerprint density at radius 1 is 1.09 bits per heavy atom. The van der Waals surface area contributed by atoms with E-state index >= 15 is 0 Å². The standard InChI is InChI=1S/C27H26ClN3O2/c1-16(26(29)32)21-13-14-30-25(24(21)17-5-3-2-4-6-17)19-9-12-23-22(15-19)31-27(33-23)18-7-10-20(28)11-8-18/h2-12,15-16,21,24-25,30H,13-14H2,1H3,(H2,29,32). The second-order valence-electron chi connectivity index (χ2n) is 8.76. The highest BCUT2D eigenvalue weighted by Crippen LogP contribution is 2.45. The Balaban J connectivity index is 1.54. The topological polar surface area (TPSA) is 81.2 Å². The number of carbonyl (C=O) groups is 1. The van der Waals surface area contributed by atoms with Crippen molar-refractivity contribution in [3.05, 3.63) is 88.9 Å². The number of aromatic nitrogens is 1. The number of piperidine rings is 1. The number of fused-ring (bicyclic) bond motifs is 1. The Morgan fingerprint density at radius 3 is 2.58 bits per heavy atom. The first-order valence-electron chi connectivity index (χ1n) is 11.3. The molecule has 0 spiro atoms. The van der Waals surface area contributed by atoms with Gasteiger partial charge in [-0.25, -0.2) is 4.98 Å². The lowest BCUT2D eigenvalue weighted by Crippen LogP contribution is -2.43. The van der Waals surface area contributed by atoms with Gasteiger partial charge in [0, 0.05) is 28.5 Å². The van der Waals surface area contributed by atoms with Crippen LogP contribution in [0.3, 0.4) is 0 Å². The number of oxazole rings is 1. The van der Waals surface area contributed by atoms with Crippen LogP contribution in [-0.4, -0.2) is 17.4 Å². The van der Waals surface area contributed by atoms with Gasteiger partial charge in [-0.1, -0.05) is 54.9 Å². The molecule has 168 valence electrons. The van der Waals surface area contributed by atoms with E-state index in [1.54, 1.807) is 0 Å². The first kappa shape index (κ1) is 21.7. The maximum absolute atomic E-state index is 12.1. The molecule has 0 radical (unpaired) electrons. The molecule has 4 aromatic rings. The third-order valence-corrected chi connectivity index (χ3v) is 7.05. The van der Waals surface area contributed by atoms with Crippen molar-refractivity contribution in [1.29, 1.82) is 0 Å². The number of primary amides is 1. The van der Waals surface area contributed by atoms with Crippen LogP contribution in [-0.2, 0) is 4.79 Å². The third kappa shape index (κ3) is 4.26. The van der Waals surface area contributed by atoms with Gasteiger partial charge in [-0.15, -0.1) is 0 Å². The summed E-state index contributed by atoms with van der Waals surface area (Å²) in [5, 5.41) is 4.37. The minimum atomic E-state index is -0.249. The summed E-state index contributed by atoms with van der Waals surface area (Å²) in [4.78, 5) is 16.9. The zero-order valence-corrected chi connectivity index (χ0v) is 19.1. The van der Waals surface area contributed by atoms with Crippen molar-refractivity contribution in [2.24, 2.45) is 17.6 Å². The smallest absolute Gasteiger partial charge is 0.227 e. The molecule has 1 aromatic heterocycles. The van der Waals surface area contributed by atoms with Crippen LogP contribution in [0, 0.1) is 11.8 Å². The highest BCUT2D eigenvalue weighted by atomic mass is 35.5. The van der Waals surface area contributed by atoms with Gasteiger partial charge in [-0.3, -0.25) is 4.79 Å². The summed E-state index contributed by atoms with van der Waals surface area (Å²) in [5.41, 5.74) is 10.5. The van der Waals surface area contributed by atoms with Crippen molar-refractivity contribution in [3.63, 3.8) is 0 Å². The number of benzene rings is 3. The van der Waals surface area contributed by atoms with Gasteiger partial charge in [0.15, 0.2) is 5.58 Å². The minimum Gasteiger partial charge on any atom is -0.436 e. The van der Waals surface area contributed by atoms with Crippen LogP contribution < -0.4 is 11.1 Å². The predicted molar refractivity (Wildman–Crippen MR) is 131 cm³/mol. The number of amides is 1. The van der Waals surface area contributed by atoms with Crippen LogP contribution in [0.5, 0.6) is 0 Å². The van der Waals surface area contributed by atoms with E-state index in [1.807, 2.05) is 55.5 Å². The highest BCUT2D eigenvalue weighted by molar-refractivity contribution is 6.30. The zero-order valence-electron chi connectivity index (χ0n) is 18.4. The van der Waals surface area contributed by atoms with Gasteiger partial charge in [-0.05, 0) is 66.4 Å². The molecule has 1 fully saturated rings. The van der Waals surface area contributed by atoms with E-state index < -0.39 is 0 Å². The van der Waals surface area contributed by atoms with Crippen LogP contribution in [0.25, 0.3) is 22.6 Å².